The number of ether oxygens (including phenoxy) is 2. The molecular weight excluding hydrogens is 792 g/mol. The molecule has 3 unspecified atom stereocenters. The fourth-order valence-electron chi connectivity index (χ4n) is 6.31. The van der Waals surface area contributed by atoms with Crippen LogP contribution in [0.1, 0.15) is 64.3 Å². The summed E-state index contributed by atoms with van der Waals surface area (Å²) in [6.45, 7) is 8.71. The third-order valence-corrected chi connectivity index (χ3v) is 11.2. The molecule has 312 valence electrons. The monoisotopic (exact) mass is 833 g/mol. The van der Waals surface area contributed by atoms with Crippen LogP contribution in [0.4, 0.5) is 30.4 Å². The maximum Gasteiger partial charge on any atom is 0.490 e. The zero-order valence-electron chi connectivity index (χ0n) is 31.9. The molecule has 20 heteroatoms. The van der Waals surface area contributed by atoms with E-state index in [9.17, 15) is 46.4 Å². The Balaban J connectivity index is 0.000000973. The highest BCUT2D eigenvalue weighted by Crippen LogP contribution is 2.44. The number of amides is 1. The molecule has 4 aromatic rings. The van der Waals surface area contributed by atoms with E-state index in [1.54, 1.807) is 48.7 Å². The number of nitro benzene ring substituents is 1. The molecule has 3 aromatic carbocycles. The highest BCUT2D eigenvalue weighted by atomic mass is 32.2. The molecule has 0 aliphatic carbocycles. The number of likely N-dealkylation sites (tertiary alicyclic amines) is 1. The van der Waals surface area contributed by atoms with Gasteiger partial charge in [0.2, 0.25) is 5.91 Å². The number of carbonyl (C=O) groups excluding carboxylic acids is 1. The van der Waals surface area contributed by atoms with E-state index in [4.69, 9.17) is 25.1 Å². The average Bonchev–Trinajstić information content (AvgIpc) is 3.60. The first-order chi connectivity index (χ1) is 27.1. The number of nitro groups is 1. The van der Waals surface area contributed by atoms with Gasteiger partial charge in [-0.1, -0.05) is 6.07 Å². The van der Waals surface area contributed by atoms with E-state index < -0.39 is 67.7 Å². The molecule has 1 aliphatic heterocycles. The summed E-state index contributed by atoms with van der Waals surface area (Å²) in [6, 6.07) is 12.9. The lowest BCUT2D eigenvalue weighted by Gasteiger charge is -2.33. The number of carbonyl (C=O) groups is 3. The number of hydrogen-bond acceptors (Lipinski definition) is 12. The summed E-state index contributed by atoms with van der Waals surface area (Å²) in [5.74, 6) is -4.70. The third-order valence-electron chi connectivity index (χ3n) is 9.01. The number of aromatic nitrogens is 1. The van der Waals surface area contributed by atoms with Gasteiger partial charge in [0.15, 0.2) is 21.3 Å². The molecule has 2 heterocycles. The van der Waals surface area contributed by atoms with E-state index >= 15 is 0 Å². The smallest absolute Gasteiger partial charge is 0.490 e. The fraction of sp³-hybridized carbons (Fsp3) is 0.368. The number of aliphatic carboxylic acids is 2. The predicted octanol–water partition coefficient (Wildman–Crippen LogP) is 6.55. The van der Waals surface area contributed by atoms with Crippen LogP contribution >= 0.6 is 0 Å². The van der Waals surface area contributed by atoms with Gasteiger partial charge in [-0.05, 0) is 94.5 Å². The predicted molar refractivity (Wildman–Crippen MR) is 205 cm³/mol. The van der Waals surface area contributed by atoms with E-state index in [2.05, 4.69) is 10.3 Å². The summed E-state index contributed by atoms with van der Waals surface area (Å²) in [5, 5.41) is 33.2. The van der Waals surface area contributed by atoms with Crippen LogP contribution in [0, 0.1) is 16.0 Å². The Morgan fingerprint density at radius 2 is 1.71 bits per heavy atom. The van der Waals surface area contributed by atoms with Crippen LogP contribution in [0.5, 0.6) is 11.5 Å². The van der Waals surface area contributed by atoms with Crippen molar-refractivity contribution >= 4 is 55.6 Å². The number of pyridine rings is 1. The molecule has 5 N–H and O–H groups in total. The van der Waals surface area contributed by atoms with Crippen molar-refractivity contribution in [2.24, 2.45) is 5.92 Å². The number of nitrogens with zero attached hydrogens (tertiary/aromatic N) is 3. The Bertz CT molecular complexity index is 2310. The summed E-state index contributed by atoms with van der Waals surface area (Å²) in [4.78, 5) is 52.9. The van der Waals surface area contributed by atoms with Crippen LogP contribution in [0.3, 0.4) is 0 Å². The number of alkyl halides is 3. The zero-order chi connectivity index (χ0) is 43.3. The molecule has 1 saturated heterocycles. The Kier molecular flexibility index (Phi) is 13.8. The summed E-state index contributed by atoms with van der Waals surface area (Å²) in [6.07, 6.45) is -3.71. The normalized spacial score (nSPS) is 16.1. The lowest BCUT2D eigenvalue weighted by Crippen LogP contribution is -2.40. The molecule has 0 radical (unpaired) electrons. The molecule has 0 bridgehead atoms. The molecule has 16 nitrogen and oxygen atoms in total. The Labute approximate surface area is 330 Å². The van der Waals surface area contributed by atoms with Gasteiger partial charge in [-0.15, -0.1) is 0 Å². The molecular formula is C38H42F3N5O11S. The number of benzene rings is 3. The molecule has 1 aromatic heterocycles. The highest BCUT2D eigenvalue weighted by Gasteiger charge is 2.47. The minimum atomic E-state index is -5.08. The van der Waals surface area contributed by atoms with E-state index in [-0.39, 0.29) is 29.5 Å². The minimum absolute atomic E-state index is 0.0179. The van der Waals surface area contributed by atoms with E-state index in [1.165, 1.54) is 18.7 Å². The second-order valence-electron chi connectivity index (χ2n) is 13.6. The number of nitrogens with one attached hydrogen (secondary N) is 1. The zero-order valence-corrected chi connectivity index (χ0v) is 32.7. The van der Waals surface area contributed by atoms with Crippen molar-refractivity contribution in [3.05, 3.63) is 88.1 Å². The average molecular weight is 834 g/mol. The minimum Gasteiger partial charge on any atom is -0.490 e. The number of hydrogen-bond donors (Lipinski definition) is 4. The van der Waals surface area contributed by atoms with Gasteiger partial charge >= 0.3 is 18.1 Å². The van der Waals surface area contributed by atoms with Crippen LogP contribution in [0.15, 0.2) is 71.8 Å². The quantitative estimate of drug-likeness (QED) is 0.0825. The van der Waals surface area contributed by atoms with Crippen LogP contribution in [-0.4, -0.2) is 82.0 Å². The topological polar surface area (TPSA) is 242 Å². The van der Waals surface area contributed by atoms with Gasteiger partial charge in [0.25, 0.3) is 5.69 Å². The fourth-order valence-corrected chi connectivity index (χ4v) is 7.59. The molecule has 3 atom stereocenters. The first-order valence-electron chi connectivity index (χ1n) is 17.8. The first kappa shape index (κ1) is 44.5. The maximum atomic E-state index is 15.0. The van der Waals surface area contributed by atoms with Crippen molar-refractivity contribution in [2.45, 2.75) is 75.5 Å². The van der Waals surface area contributed by atoms with Gasteiger partial charge in [0.1, 0.15) is 11.9 Å². The molecule has 1 amide bonds. The number of rotatable bonds is 13. The number of fused-ring (bicyclic) bond motifs is 1. The third kappa shape index (κ3) is 10.0. The Hall–Kier alpha value is -6.18. The largest absolute Gasteiger partial charge is 0.490 e. The summed E-state index contributed by atoms with van der Waals surface area (Å²) in [7, 11) is -4.07. The van der Waals surface area contributed by atoms with Crippen LogP contribution in [-0.2, 0) is 24.2 Å². The number of nitrogens with two attached hydrogens (primary N) is 1. The summed E-state index contributed by atoms with van der Waals surface area (Å²) in [5.41, 5.74) is 6.48. The van der Waals surface area contributed by atoms with Crippen molar-refractivity contribution in [1.29, 1.82) is 0 Å². The SMILES string of the molecule is CCOc1cc(C(Nc2ccc3c(N)nccc3c2)C(=O)N2CCC(C(=O)O)C2c2cc([N+](=O)[O-])ccc2S(=O)(=O)C(C)C)ccc1OC(C)C.O=C(O)C(F)(F)F. The number of sulfone groups is 1. The second kappa shape index (κ2) is 18.0. The molecule has 1 fully saturated rings. The van der Waals surface area contributed by atoms with E-state index in [0.717, 1.165) is 23.6 Å². The molecule has 0 spiro atoms. The number of halogens is 3. The number of carboxylic acids is 2. The van der Waals surface area contributed by atoms with Crippen molar-refractivity contribution in [1.82, 2.24) is 9.88 Å². The molecule has 0 saturated carbocycles. The van der Waals surface area contributed by atoms with Crippen molar-refractivity contribution in [3.63, 3.8) is 0 Å². The van der Waals surface area contributed by atoms with Gasteiger partial charge < -0.3 is 35.6 Å². The van der Waals surface area contributed by atoms with Crippen molar-refractivity contribution in [2.75, 3.05) is 24.2 Å². The Morgan fingerprint density at radius 1 is 1.03 bits per heavy atom. The number of anilines is 2. The van der Waals surface area contributed by atoms with Gasteiger partial charge in [-0.2, -0.15) is 13.2 Å². The standard InChI is InChI=1S/C36H41N5O9S.C2HF3O2/c1-6-49-30-18-23(7-11-29(30)50-20(2)3)32(39-24-8-10-26-22(17-24)13-15-38-34(26)37)35(42)40-16-14-27(36(43)44)33(40)28-19-25(41(45)46)9-12-31(28)51(47,48)21(4)5;3-2(4,5)1(6)7/h7-13,15,17-21,27,32-33,39H,6,14,16H2,1-5H3,(H2,37,38)(H,43,44);(H,6,7). The van der Waals surface area contributed by atoms with Gasteiger partial charge in [0, 0.05) is 41.5 Å². The maximum absolute atomic E-state index is 15.0. The van der Waals surface area contributed by atoms with Crippen molar-refractivity contribution in [3.8, 4) is 11.5 Å². The van der Waals surface area contributed by atoms with Crippen LogP contribution in [0.25, 0.3) is 10.8 Å². The molecule has 1 aliphatic rings. The lowest BCUT2D eigenvalue weighted by molar-refractivity contribution is -0.385. The summed E-state index contributed by atoms with van der Waals surface area (Å²) >= 11 is 0. The van der Waals surface area contributed by atoms with Gasteiger partial charge in [-0.3, -0.25) is 19.7 Å². The van der Waals surface area contributed by atoms with E-state index in [1.807, 2.05) is 20.8 Å². The Morgan fingerprint density at radius 3 is 2.28 bits per heavy atom. The second-order valence-corrected chi connectivity index (χ2v) is 16.1. The number of nitrogen functional groups attached to an aromatic ring is 1. The summed E-state index contributed by atoms with van der Waals surface area (Å²) < 4.78 is 70.8. The van der Waals surface area contributed by atoms with Crippen LogP contribution < -0.4 is 20.5 Å². The molecule has 5 rings (SSSR count). The first-order valence-corrected chi connectivity index (χ1v) is 19.3. The van der Waals surface area contributed by atoms with Gasteiger partial charge in [-0.25, -0.2) is 18.2 Å². The van der Waals surface area contributed by atoms with Gasteiger partial charge in [0.05, 0.1) is 39.7 Å². The van der Waals surface area contributed by atoms with E-state index in [0.29, 0.717) is 40.6 Å². The lowest BCUT2D eigenvalue weighted by atomic mass is 9.92. The number of non-ortho nitro benzene ring substituents is 1. The number of carboxylic acid groups (broad SMARTS) is 2. The highest BCUT2D eigenvalue weighted by molar-refractivity contribution is 7.92. The van der Waals surface area contributed by atoms with Crippen molar-refractivity contribution < 1.29 is 60.6 Å². The molecule has 58 heavy (non-hydrogen) atoms. The van der Waals surface area contributed by atoms with Crippen LogP contribution in [0.2, 0.25) is 0 Å².